The van der Waals surface area contributed by atoms with Crippen LogP contribution in [0.15, 0.2) is 10.8 Å². The van der Waals surface area contributed by atoms with Gasteiger partial charge in [0, 0.05) is 6.54 Å². The second kappa shape index (κ2) is 9.33. The molecule has 0 aliphatic heterocycles. The standard InChI is InChI=1S/C21H27N7O5/c1-20(2,3)32-19(29)23-9-6-10-31-13-11-24-12(7-8-21(4,5)30)14-15(13)26-18(25-14)16-17(22)28-33-27-16/h11,30H,6,9-10H2,1-5H3,(H2,22,28)(H,23,29)(H,25,26). The summed E-state index contributed by atoms with van der Waals surface area (Å²) in [6.07, 6.45) is 1.55. The van der Waals surface area contributed by atoms with Gasteiger partial charge in [0.15, 0.2) is 23.1 Å². The fourth-order valence-corrected chi connectivity index (χ4v) is 2.62. The van der Waals surface area contributed by atoms with Crippen molar-refractivity contribution >= 4 is 22.9 Å². The largest absolute Gasteiger partial charge is 0.490 e. The summed E-state index contributed by atoms with van der Waals surface area (Å²) in [6.45, 7) is 9.19. The zero-order chi connectivity index (χ0) is 24.2. The number of rotatable bonds is 6. The molecular weight excluding hydrogens is 430 g/mol. The first-order valence-electron chi connectivity index (χ1n) is 10.3. The highest BCUT2D eigenvalue weighted by Gasteiger charge is 2.19. The minimum absolute atomic E-state index is 0.0711. The Balaban J connectivity index is 1.78. The van der Waals surface area contributed by atoms with Crippen molar-refractivity contribution in [3.05, 3.63) is 11.9 Å². The molecule has 0 atom stereocenters. The highest BCUT2D eigenvalue weighted by Crippen LogP contribution is 2.29. The summed E-state index contributed by atoms with van der Waals surface area (Å²) >= 11 is 0. The Hall–Kier alpha value is -3.85. The van der Waals surface area contributed by atoms with Crippen molar-refractivity contribution < 1.29 is 24.0 Å². The molecule has 176 valence electrons. The van der Waals surface area contributed by atoms with E-state index >= 15 is 0 Å². The molecule has 0 bridgehead atoms. The number of nitrogen functional groups attached to an aromatic ring is 1. The molecule has 0 radical (unpaired) electrons. The summed E-state index contributed by atoms with van der Waals surface area (Å²) in [5.74, 6) is 6.35. The molecule has 33 heavy (non-hydrogen) atoms. The van der Waals surface area contributed by atoms with Gasteiger partial charge in [0.25, 0.3) is 0 Å². The molecule has 0 aliphatic carbocycles. The Morgan fingerprint density at radius 1 is 1.30 bits per heavy atom. The van der Waals surface area contributed by atoms with Crippen molar-refractivity contribution in [3.8, 4) is 29.1 Å². The van der Waals surface area contributed by atoms with Gasteiger partial charge in [-0.3, -0.25) is 0 Å². The quantitative estimate of drug-likeness (QED) is 0.316. The number of carbonyl (C=O) groups excluding carboxylic acids is 1. The lowest BCUT2D eigenvalue weighted by Gasteiger charge is -2.19. The van der Waals surface area contributed by atoms with Crippen LogP contribution in [0.25, 0.3) is 22.6 Å². The molecule has 0 fully saturated rings. The van der Waals surface area contributed by atoms with E-state index in [9.17, 15) is 9.90 Å². The molecule has 5 N–H and O–H groups in total. The molecule has 1 amide bonds. The molecule has 0 saturated heterocycles. The number of carbonyl (C=O) groups is 1. The number of aromatic amines is 1. The number of aromatic nitrogens is 5. The fourth-order valence-electron chi connectivity index (χ4n) is 2.62. The molecule has 0 aliphatic rings. The number of alkyl carbamates (subject to hydrolysis) is 1. The van der Waals surface area contributed by atoms with Crippen LogP contribution in [0.5, 0.6) is 5.75 Å². The number of hydrogen-bond donors (Lipinski definition) is 4. The van der Waals surface area contributed by atoms with Crippen molar-refractivity contribution in [2.75, 3.05) is 18.9 Å². The third kappa shape index (κ3) is 6.56. The molecule has 3 heterocycles. The third-order valence-corrected chi connectivity index (χ3v) is 3.96. The van der Waals surface area contributed by atoms with Crippen LogP contribution in [0.2, 0.25) is 0 Å². The third-order valence-electron chi connectivity index (χ3n) is 3.96. The first kappa shape index (κ1) is 23.8. The van der Waals surface area contributed by atoms with Gasteiger partial charge in [-0.15, -0.1) is 0 Å². The minimum Gasteiger partial charge on any atom is -0.490 e. The van der Waals surface area contributed by atoms with E-state index in [2.05, 4.69) is 47.1 Å². The number of anilines is 1. The number of nitrogens with two attached hydrogens (primary N) is 1. The summed E-state index contributed by atoms with van der Waals surface area (Å²) in [7, 11) is 0. The van der Waals surface area contributed by atoms with Crippen molar-refractivity contribution in [2.45, 2.75) is 52.2 Å². The average Bonchev–Trinajstić information content (AvgIpc) is 3.30. The van der Waals surface area contributed by atoms with Crippen molar-refractivity contribution in [1.29, 1.82) is 0 Å². The summed E-state index contributed by atoms with van der Waals surface area (Å²) in [5.41, 5.74) is 5.52. The van der Waals surface area contributed by atoms with E-state index < -0.39 is 17.3 Å². The Bertz CT molecular complexity index is 1190. The van der Waals surface area contributed by atoms with Crippen LogP contribution >= 0.6 is 0 Å². The molecular formula is C21H27N7O5. The number of aliphatic hydroxyl groups is 1. The molecule has 12 nitrogen and oxygen atoms in total. The van der Waals surface area contributed by atoms with E-state index in [1.807, 2.05) is 0 Å². The maximum atomic E-state index is 11.7. The van der Waals surface area contributed by atoms with Gasteiger partial charge in [-0.1, -0.05) is 5.92 Å². The van der Waals surface area contributed by atoms with Crippen LogP contribution in [0.4, 0.5) is 10.6 Å². The van der Waals surface area contributed by atoms with Crippen LogP contribution in [-0.2, 0) is 4.74 Å². The Labute approximate surface area is 190 Å². The first-order valence-corrected chi connectivity index (χ1v) is 10.3. The van der Waals surface area contributed by atoms with Gasteiger partial charge in [0.1, 0.15) is 27.9 Å². The first-order chi connectivity index (χ1) is 15.4. The molecule has 0 unspecified atom stereocenters. The zero-order valence-electron chi connectivity index (χ0n) is 19.1. The maximum absolute atomic E-state index is 11.7. The second-order valence-electron chi connectivity index (χ2n) is 8.72. The highest BCUT2D eigenvalue weighted by atomic mass is 16.6. The van der Waals surface area contributed by atoms with Crippen molar-refractivity contribution in [3.63, 3.8) is 0 Å². The van der Waals surface area contributed by atoms with Crippen LogP contribution in [-0.4, -0.2) is 60.8 Å². The lowest BCUT2D eigenvalue weighted by molar-refractivity contribution is 0.0525. The molecule has 3 aromatic heterocycles. The molecule has 0 saturated carbocycles. The van der Waals surface area contributed by atoms with Crippen LogP contribution in [0.3, 0.4) is 0 Å². The number of imidazole rings is 1. The Kier molecular flexibility index (Phi) is 6.73. The number of pyridine rings is 1. The van der Waals surface area contributed by atoms with Gasteiger partial charge in [-0.05, 0) is 57.3 Å². The molecule has 3 rings (SSSR count). The van der Waals surface area contributed by atoms with Gasteiger partial charge >= 0.3 is 6.09 Å². The minimum atomic E-state index is -1.20. The number of ether oxygens (including phenoxy) is 2. The van der Waals surface area contributed by atoms with E-state index in [1.165, 1.54) is 6.20 Å². The number of hydrogen-bond acceptors (Lipinski definition) is 10. The van der Waals surface area contributed by atoms with Crippen molar-refractivity contribution in [2.24, 2.45) is 0 Å². The van der Waals surface area contributed by atoms with Gasteiger partial charge in [0.05, 0.1) is 12.8 Å². The van der Waals surface area contributed by atoms with Gasteiger partial charge in [-0.25, -0.2) is 19.4 Å². The molecule has 0 spiro atoms. The van der Waals surface area contributed by atoms with Crippen LogP contribution < -0.4 is 15.8 Å². The normalized spacial score (nSPS) is 11.7. The summed E-state index contributed by atoms with van der Waals surface area (Å²) < 4.78 is 15.7. The van der Waals surface area contributed by atoms with Crippen molar-refractivity contribution in [1.82, 2.24) is 30.6 Å². The van der Waals surface area contributed by atoms with E-state index in [-0.39, 0.29) is 11.5 Å². The second-order valence-corrected chi connectivity index (χ2v) is 8.72. The molecule has 3 aromatic rings. The number of H-pyrrole nitrogens is 1. The van der Waals surface area contributed by atoms with E-state index in [4.69, 9.17) is 15.2 Å². The number of amides is 1. The SMILES string of the molecule is CC(C)(O)C#Cc1ncc(OCCCNC(=O)OC(C)(C)C)c2[nH]c(-c3nonc3N)nc12. The average molecular weight is 457 g/mol. The summed E-state index contributed by atoms with van der Waals surface area (Å²) in [6, 6.07) is 0. The van der Waals surface area contributed by atoms with E-state index in [0.29, 0.717) is 47.9 Å². The fraction of sp³-hybridized carbons (Fsp3) is 0.476. The highest BCUT2D eigenvalue weighted by molar-refractivity contribution is 5.88. The Morgan fingerprint density at radius 3 is 2.70 bits per heavy atom. The monoisotopic (exact) mass is 457 g/mol. The van der Waals surface area contributed by atoms with Crippen LogP contribution in [0, 0.1) is 11.8 Å². The zero-order valence-corrected chi connectivity index (χ0v) is 19.1. The number of nitrogens with one attached hydrogen (secondary N) is 2. The van der Waals surface area contributed by atoms with E-state index in [0.717, 1.165) is 0 Å². The number of nitrogens with zero attached hydrogens (tertiary/aromatic N) is 4. The lowest BCUT2D eigenvalue weighted by Crippen LogP contribution is -2.33. The summed E-state index contributed by atoms with van der Waals surface area (Å²) in [5, 5.41) is 19.9. The van der Waals surface area contributed by atoms with Gasteiger partial charge < -0.3 is 30.6 Å². The predicted octanol–water partition coefficient (Wildman–Crippen LogP) is 2.01. The summed E-state index contributed by atoms with van der Waals surface area (Å²) in [4.78, 5) is 23.6. The smallest absolute Gasteiger partial charge is 0.407 e. The van der Waals surface area contributed by atoms with E-state index in [1.54, 1.807) is 34.6 Å². The predicted molar refractivity (Wildman–Crippen MR) is 119 cm³/mol. The maximum Gasteiger partial charge on any atom is 0.407 e. The van der Waals surface area contributed by atoms with Gasteiger partial charge in [0.2, 0.25) is 0 Å². The molecule has 12 heteroatoms. The number of fused-ring (bicyclic) bond motifs is 1. The topological polar surface area (TPSA) is 174 Å². The Morgan fingerprint density at radius 2 is 2.06 bits per heavy atom. The van der Waals surface area contributed by atoms with Gasteiger partial charge in [-0.2, -0.15) is 0 Å². The lowest BCUT2D eigenvalue weighted by atomic mass is 10.1. The molecule has 0 aromatic carbocycles. The van der Waals surface area contributed by atoms with Crippen LogP contribution in [0.1, 0.15) is 46.7 Å².